The Hall–Kier alpha value is -2.03. The van der Waals surface area contributed by atoms with Crippen LogP contribution in [0.5, 0.6) is 0 Å². The average Bonchev–Trinajstić information content (AvgIpc) is 3.22. The number of hydrogen-bond acceptors (Lipinski definition) is 5. The van der Waals surface area contributed by atoms with Gasteiger partial charge in [-0.05, 0) is 40.5 Å². The number of amides is 2. The van der Waals surface area contributed by atoms with E-state index in [1.54, 1.807) is 12.1 Å². The van der Waals surface area contributed by atoms with Crippen LogP contribution in [0.4, 0.5) is 5.13 Å². The molecule has 2 heterocycles. The first-order valence-corrected chi connectivity index (χ1v) is 9.87. The fourth-order valence-corrected chi connectivity index (χ4v) is 4.19. The molecule has 0 fully saturated rings. The smallest absolute Gasteiger partial charge is 0.261 e. The minimum atomic E-state index is -0.311. The van der Waals surface area contributed by atoms with Crippen molar-refractivity contribution in [2.24, 2.45) is 0 Å². The Balaban J connectivity index is 1.57. The molecule has 5 nitrogen and oxygen atoms in total. The lowest BCUT2D eigenvalue weighted by atomic mass is 10.1. The molecule has 0 radical (unpaired) electrons. The number of carbonyl (C=O) groups is 2. The largest absolute Gasteiger partial charge is 0.342 e. The summed E-state index contributed by atoms with van der Waals surface area (Å²) in [5.74, 6) is -0.583. The number of nitrogens with one attached hydrogen (secondary N) is 2. The molecule has 0 spiro atoms. The van der Waals surface area contributed by atoms with Gasteiger partial charge in [0.1, 0.15) is 0 Å². The molecule has 8 heteroatoms. The second-order valence-electron chi connectivity index (χ2n) is 5.19. The van der Waals surface area contributed by atoms with Crippen molar-refractivity contribution in [3.8, 4) is 11.3 Å². The maximum Gasteiger partial charge on any atom is 0.261 e. The van der Waals surface area contributed by atoms with Gasteiger partial charge in [0.2, 0.25) is 5.91 Å². The van der Waals surface area contributed by atoms with E-state index >= 15 is 0 Å². The van der Waals surface area contributed by atoms with E-state index in [-0.39, 0.29) is 18.4 Å². The van der Waals surface area contributed by atoms with Crippen LogP contribution in [0, 0.1) is 6.92 Å². The third kappa shape index (κ3) is 4.53. The molecule has 0 bridgehead atoms. The number of thiazole rings is 1. The van der Waals surface area contributed by atoms with E-state index in [9.17, 15) is 9.59 Å². The highest BCUT2D eigenvalue weighted by Gasteiger charge is 2.12. The molecular weight excluding hydrogens is 422 g/mol. The average molecular weight is 436 g/mol. The van der Waals surface area contributed by atoms with Gasteiger partial charge in [-0.1, -0.05) is 24.3 Å². The zero-order valence-corrected chi connectivity index (χ0v) is 16.4. The van der Waals surface area contributed by atoms with Crippen molar-refractivity contribution in [2.45, 2.75) is 6.92 Å². The molecule has 1 aromatic carbocycles. The van der Waals surface area contributed by atoms with E-state index in [0.29, 0.717) is 10.0 Å². The summed E-state index contributed by atoms with van der Waals surface area (Å²) in [6, 6.07) is 11.4. The number of aromatic nitrogens is 1. The molecule has 3 rings (SSSR count). The van der Waals surface area contributed by atoms with Crippen molar-refractivity contribution < 1.29 is 9.59 Å². The molecule has 0 aliphatic carbocycles. The van der Waals surface area contributed by atoms with Gasteiger partial charge in [-0.2, -0.15) is 0 Å². The summed E-state index contributed by atoms with van der Waals surface area (Å²) in [5.41, 5.74) is 2.99. The van der Waals surface area contributed by atoms with Crippen LogP contribution >= 0.6 is 38.6 Å². The third-order valence-electron chi connectivity index (χ3n) is 3.38. The number of benzene rings is 1. The summed E-state index contributed by atoms with van der Waals surface area (Å²) in [6.45, 7) is 1.92. The maximum atomic E-state index is 12.0. The quantitative estimate of drug-likeness (QED) is 0.626. The Morgan fingerprint density at radius 3 is 2.72 bits per heavy atom. The molecular formula is C17H14BrN3O2S2. The Bertz CT molecular complexity index is 920. The highest BCUT2D eigenvalue weighted by Crippen LogP contribution is 2.27. The second kappa shape index (κ2) is 7.90. The van der Waals surface area contributed by atoms with Gasteiger partial charge in [0, 0.05) is 10.9 Å². The van der Waals surface area contributed by atoms with Gasteiger partial charge in [0.05, 0.1) is 20.9 Å². The van der Waals surface area contributed by atoms with Gasteiger partial charge in [0.15, 0.2) is 5.13 Å². The topological polar surface area (TPSA) is 71.1 Å². The van der Waals surface area contributed by atoms with E-state index < -0.39 is 0 Å². The predicted octanol–water partition coefficient (Wildman–Crippen LogP) is 4.31. The van der Waals surface area contributed by atoms with Gasteiger partial charge in [0.25, 0.3) is 5.91 Å². The molecule has 0 saturated carbocycles. The first kappa shape index (κ1) is 17.8. The van der Waals surface area contributed by atoms with Crippen LogP contribution in [0.25, 0.3) is 11.3 Å². The van der Waals surface area contributed by atoms with E-state index in [1.165, 1.54) is 22.7 Å². The van der Waals surface area contributed by atoms with Gasteiger partial charge < -0.3 is 10.6 Å². The summed E-state index contributed by atoms with van der Waals surface area (Å²) in [7, 11) is 0. The second-order valence-corrected chi connectivity index (χ2v) is 8.51. The Morgan fingerprint density at radius 1 is 1.20 bits per heavy atom. The Labute approximate surface area is 161 Å². The number of hydrogen-bond donors (Lipinski definition) is 2. The van der Waals surface area contributed by atoms with Crippen LogP contribution in [-0.2, 0) is 4.79 Å². The number of carbonyl (C=O) groups excluding carboxylic acids is 2. The fourth-order valence-electron chi connectivity index (χ4n) is 2.16. The summed E-state index contributed by atoms with van der Waals surface area (Å²) < 4.78 is 0.869. The van der Waals surface area contributed by atoms with Crippen LogP contribution in [0.3, 0.4) is 0 Å². The lowest BCUT2D eigenvalue weighted by Gasteiger charge is -2.04. The van der Waals surface area contributed by atoms with Gasteiger partial charge >= 0.3 is 0 Å². The van der Waals surface area contributed by atoms with Crippen molar-refractivity contribution in [1.29, 1.82) is 0 Å². The summed E-state index contributed by atoms with van der Waals surface area (Å²) in [4.78, 5) is 28.9. The SMILES string of the molecule is Cc1ccccc1-c1csc(NC(=O)CNC(=O)c2ccc(Br)s2)n1. The summed E-state index contributed by atoms with van der Waals surface area (Å²) in [5, 5.41) is 7.72. The summed E-state index contributed by atoms with van der Waals surface area (Å²) >= 11 is 5.98. The zero-order chi connectivity index (χ0) is 17.8. The van der Waals surface area contributed by atoms with E-state index in [2.05, 4.69) is 31.5 Å². The van der Waals surface area contributed by atoms with Crippen molar-refractivity contribution in [3.05, 3.63) is 56.0 Å². The molecule has 3 aromatic rings. The third-order valence-corrected chi connectivity index (χ3v) is 5.76. The number of thiophene rings is 1. The number of anilines is 1. The van der Waals surface area contributed by atoms with Crippen molar-refractivity contribution in [1.82, 2.24) is 10.3 Å². The molecule has 2 N–H and O–H groups in total. The number of halogens is 1. The van der Waals surface area contributed by atoms with Crippen molar-refractivity contribution in [3.63, 3.8) is 0 Å². The maximum absolute atomic E-state index is 12.0. The zero-order valence-electron chi connectivity index (χ0n) is 13.2. The van der Waals surface area contributed by atoms with Crippen molar-refractivity contribution in [2.75, 3.05) is 11.9 Å². The lowest BCUT2D eigenvalue weighted by Crippen LogP contribution is -2.32. The van der Waals surface area contributed by atoms with Crippen LogP contribution in [-0.4, -0.2) is 23.3 Å². The molecule has 128 valence electrons. The first-order valence-electron chi connectivity index (χ1n) is 7.38. The van der Waals surface area contributed by atoms with Crippen molar-refractivity contribution >= 4 is 55.5 Å². The van der Waals surface area contributed by atoms with E-state index in [4.69, 9.17) is 0 Å². The van der Waals surface area contributed by atoms with E-state index in [0.717, 1.165) is 20.6 Å². The molecule has 0 aliphatic heterocycles. The van der Waals surface area contributed by atoms with Crippen LogP contribution in [0.15, 0.2) is 45.6 Å². The molecule has 0 atom stereocenters. The first-order chi connectivity index (χ1) is 12.0. The number of rotatable bonds is 5. The van der Waals surface area contributed by atoms with Gasteiger partial charge in [-0.25, -0.2) is 4.98 Å². The monoisotopic (exact) mass is 435 g/mol. The predicted molar refractivity (Wildman–Crippen MR) is 105 cm³/mol. The van der Waals surface area contributed by atoms with Crippen LogP contribution in [0.2, 0.25) is 0 Å². The normalized spacial score (nSPS) is 10.5. The number of aryl methyl sites for hydroxylation is 1. The Kier molecular flexibility index (Phi) is 5.62. The fraction of sp³-hybridized carbons (Fsp3) is 0.118. The highest BCUT2D eigenvalue weighted by molar-refractivity contribution is 9.11. The molecule has 2 aromatic heterocycles. The minimum absolute atomic E-state index is 0.104. The minimum Gasteiger partial charge on any atom is -0.342 e. The van der Waals surface area contributed by atoms with Gasteiger partial charge in [-0.15, -0.1) is 22.7 Å². The van der Waals surface area contributed by atoms with Crippen LogP contribution < -0.4 is 10.6 Å². The highest BCUT2D eigenvalue weighted by atomic mass is 79.9. The molecule has 25 heavy (non-hydrogen) atoms. The summed E-state index contributed by atoms with van der Waals surface area (Å²) in [6.07, 6.45) is 0. The van der Waals surface area contributed by atoms with Gasteiger partial charge in [-0.3, -0.25) is 9.59 Å². The lowest BCUT2D eigenvalue weighted by molar-refractivity contribution is -0.115. The van der Waals surface area contributed by atoms with Crippen LogP contribution in [0.1, 0.15) is 15.2 Å². The molecule has 2 amide bonds. The Morgan fingerprint density at radius 2 is 2.00 bits per heavy atom. The standard InChI is InChI=1S/C17H14BrN3O2S2/c1-10-4-2-3-5-11(10)12-9-24-17(20-12)21-15(22)8-19-16(23)13-6-7-14(18)25-13/h2-7,9H,8H2,1H3,(H,19,23)(H,20,21,22). The van der Waals surface area contributed by atoms with E-state index in [1.807, 2.05) is 36.6 Å². The molecule has 0 unspecified atom stereocenters. The number of nitrogens with zero attached hydrogens (tertiary/aromatic N) is 1. The molecule has 0 aliphatic rings. The molecule has 0 saturated heterocycles.